The highest BCUT2D eigenvalue weighted by Gasteiger charge is 2.37. The van der Waals surface area contributed by atoms with E-state index in [-0.39, 0.29) is 21.9 Å². The Labute approximate surface area is 126 Å². The van der Waals surface area contributed by atoms with Crippen molar-refractivity contribution in [1.29, 1.82) is 0 Å². The Bertz CT molecular complexity index is 469. The standard InChI is InChI=1S/C16H24ClFN2/c1-15(2)8-12(9-16(3,4)20-15)19-10-11-5-6-13(17)14(18)7-11/h5-7,12,19-20H,8-10H2,1-4H3. The summed E-state index contributed by atoms with van der Waals surface area (Å²) in [5.74, 6) is -0.350. The van der Waals surface area contributed by atoms with E-state index in [0.29, 0.717) is 12.6 Å². The third-order valence-corrected chi connectivity index (χ3v) is 4.08. The minimum atomic E-state index is -0.350. The van der Waals surface area contributed by atoms with E-state index in [1.165, 1.54) is 6.07 Å². The third kappa shape index (κ3) is 4.18. The first-order chi connectivity index (χ1) is 9.17. The normalized spacial score (nSPS) is 21.9. The van der Waals surface area contributed by atoms with Gasteiger partial charge in [-0.25, -0.2) is 4.39 Å². The molecule has 2 rings (SSSR count). The Balaban J connectivity index is 1.98. The number of halogens is 2. The lowest BCUT2D eigenvalue weighted by molar-refractivity contribution is 0.145. The van der Waals surface area contributed by atoms with Gasteiger partial charge in [0.2, 0.25) is 0 Å². The van der Waals surface area contributed by atoms with E-state index < -0.39 is 0 Å². The zero-order valence-corrected chi connectivity index (χ0v) is 13.4. The predicted molar refractivity (Wildman–Crippen MR) is 82.6 cm³/mol. The molecule has 1 saturated heterocycles. The number of benzene rings is 1. The van der Waals surface area contributed by atoms with Gasteiger partial charge in [-0.15, -0.1) is 0 Å². The van der Waals surface area contributed by atoms with Crippen molar-refractivity contribution in [3.8, 4) is 0 Å². The van der Waals surface area contributed by atoms with Gasteiger partial charge in [0, 0.05) is 23.7 Å². The quantitative estimate of drug-likeness (QED) is 0.885. The maximum Gasteiger partial charge on any atom is 0.142 e. The summed E-state index contributed by atoms with van der Waals surface area (Å²) in [6.07, 6.45) is 2.12. The van der Waals surface area contributed by atoms with Crippen LogP contribution < -0.4 is 10.6 Å². The van der Waals surface area contributed by atoms with Crippen LogP contribution in [0.2, 0.25) is 5.02 Å². The summed E-state index contributed by atoms with van der Waals surface area (Å²) in [4.78, 5) is 0. The number of hydrogen-bond donors (Lipinski definition) is 2. The second-order valence-electron chi connectivity index (χ2n) is 7.13. The lowest BCUT2D eigenvalue weighted by atomic mass is 9.79. The Morgan fingerprint density at radius 2 is 1.85 bits per heavy atom. The van der Waals surface area contributed by atoms with Crippen molar-refractivity contribution in [2.45, 2.75) is 64.2 Å². The smallest absolute Gasteiger partial charge is 0.142 e. The van der Waals surface area contributed by atoms with Gasteiger partial charge in [-0.3, -0.25) is 0 Å². The van der Waals surface area contributed by atoms with Crippen molar-refractivity contribution in [3.63, 3.8) is 0 Å². The molecule has 0 saturated carbocycles. The highest BCUT2D eigenvalue weighted by Crippen LogP contribution is 2.28. The molecule has 0 amide bonds. The Morgan fingerprint density at radius 3 is 2.40 bits per heavy atom. The number of rotatable bonds is 3. The summed E-state index contributed by atoms with van der Waals surface area (Å²) in [5, 5.41) is 7.38. The van der Waals surface area contributed by atoms with E-state index in [1.54, 1.807) is 6.07 Å². The molecule has 0 aromatic heterocycles. The van der Waals surface area contributed by atoms with Gasteiger partial charge in [-0.1, -0.05) is 17.7 Å². The summed E-state index contributed by atoms with van der Waals surface area (Å²) >= 11 is 5.70. The van der Waals surface area contributed by atoms with E-state index in [1.807, 2.05) is 6.07 Å². The summed E-state index contributed by atoms with van der Waals surface area (Å²) in [5.41, 5.74) is 1.16. The molecule has 112 valence electrons. The molecule has 0 unspecified atom stereocenters. The maximum absolute atomic E-state index is 13.4. The molecule has 1 aliphatic heterocycles. The van der Waals surface area contributed by atoms with Crippen molar-refractivity contribution < 1.29 is 4.39 Å². The molecule has 1 aromatic carbocycles. The van der Waals surface area contributed by atoms with Crippen LogP contribution in [-0.4, -0.2) is 17.1 Å². The highest BCUT2D eigenvalue weighted by molar-refractivity contribution is 6.30. The van der Waals surface area contributed by atoms with Crippen molar-refractivity contribution in [2.75, 3.05) is 0 Å². The van der Waals surface area contributed by atoms with E-state index >= 15 is 0 Å². The average Bonchev–Trinajstić information content (AvgIpc) is 2.27. The van der Waals surface area contributed by atoms with Gasteiger partial charge in [0.05, 0.1) is 5.02 Å². The summed E-state index contributed by atoms with van der Waals surface area (Å²) < 4.78 is 13.4. The highest BCUT2D eigenvalue weighted by atomic mass is 35.5. The van der Waals surface area contributed by atoms with Crippen LogP contribution in [0.3, 0.4) is 0 Å². The van der Waals surface area contributed by atoms with Crippen LogP contribution in [0.4, 0.5) is 4.39 Å². The van der Waals surface area contributed by atoms with Crippen LogP contribution >= 0.6 is 11.6 Å². The van der Waals surface area contributed by atoms with Crippen LogP contribution in [-0.2, 0) is 6.54 Å². The van der Waals surface area contributed by atoms with Crippen LogP contribution in [0.15, 0.2) is 18.2 Å². The summed E-state index contributed by atoms with van der Waals surface area (Å²) in [7, 11) is 0. The lowest BCUT2D eigenvalue weighted by Crippen LogP contribution is -2.61. The Hall–Kier alpha value is -0.640. The van der Waals surface area contributed by atoms with Gasteiger partial charge < -0.3 is 10.6 Å². The number of nitrogens with one attached hydrogen (secondary N) is 2. The monoisotopic (exact) mass is 298 g/mol. The molecule has 1 aliphatic rings. The molecular weight excluding hydrogens is 275 g/mol. The molecule has 2 nitrogen and oxygen atoms in total. The largest absolute Gasteiger partial charge is 0.310 e. The zero-order valence-electron chi connectivity index (χ0n) is 12.7. The molecule has 0 radical (unpaired) electrons. The van der Waals surface area contributed by atoms with E-state index in [4.69, 9.17) is 11.6 Å². The molecule has 0 spiro atoms. The Kier molecular flexibility index (Phi) is 4.43. The molecule has 0 aliphatic carbocycles. The van der Waals surface area contributed by atoms with Crippen LogP contribution in [0.1, 0.15) is 46.1 Å². The first kappa shape index (κ1) is 15.7. The maximum atomic E-state index is 13.4. The Morgan fingerprint density at radius 1 is 1.25 bits per heavy atom. The second-order valence-corrected chi connectivity index (χ2v) is 7.53. The minimum absolute atomic E-state index is 0.116. The molecule has 0 atom stereocenters. The fraction of sp³-hybridized carbons (Fsp3) is 0.625. The minimum Gasteiger partial charge on any atom is -0.310 e. The van der Waals surface area contributed by atoms with Gasteiger partial charge in [0.1, 0.15) is 5.82 Å². The first-order valence-corrected chi connectivity index (χ1v) is 7.51. The van der Waals surface area contributed by atoms with Gasteiger partial charge in [-0.05, 0) is 58.2 Å². The van der Waals surface area contributed by atoms with Gasteiger partial charge in [-0.2, -0.15) is 0 Å². The van der Waals surface area contributed by atoms with E-state index in [0.717, 1.165) is 18.4 Å². The predicted octanol–water partition coefficient (Wildman–Crippen LogP) is 3.88. The number of hydrogen-bond acceptors (Lipinski definition) is 2. The van der Waals surface area contributed by atoms with Crippen molar-refractivity contribution in [1.82, 2.24) is 10.6 Å². The van der Waals surface area contributed by atoms with Crippen molar-refractivity contribution >= 4 is 11.6 Å². The molecule has 1 fully saturated rings. The first-order valence-electron chi connectivity index (χ1n) is 7.14. The second kappa shape index (κ2) is 5.63. The summed E-state index contributed by atoms with van der Waals surface area (Å²) in [6.45, 7) is 9.58. The molecule has 1 heterocycles. The zero-order chi connectivity index (χ0) is 15.0. The van der Waals surface area contributed by atoms with Crippen LogP contribution in [0, 0.1) is 5.82 Å². The third-order valence-electron chi connectivity index (χ3n) is 3.77. The van der Waals surface area contributed by atoms with Gasteiger partial charge >= 0.3 is 0 Å². The molecular formula is C16H24ClFN2. The van der Waals surface area contributed by atoms with E-state index in [2.05, 4.69) is 38.3 Å². The van der Waals surface area contributed by atoms with Gasteiger partial charge in [0.15, 0.2) is 0 Å². The fourth-order valence-electron chi connectivity index (χ4n) is 3.38. The van der Waals surface area contributed by atoms with Crippen LogP contribution in [0.5, 0.6) is 0 Å². The molecule has 20 heavy (non-hydrogen) atoms. The molecule has 2 N–H and O–H groups in total. The van der Waals surface area contributed by atoms with Crippen molar-refractivity contribution in [2.24, 2.45) is 0 Å². The average molecular weight is 299 g/mol. The van der Waals surface area contributed by atoms with Crippen molar-refractivity contribution in [3.05, 3.63) is 34.6 Å². The SMILES string of the molecule is CC1(C)CC(NCc2ccc(Cl)c(F)c2)CC(C)(C)N1. The molecule has 4 heteroatoms. The summed E-state index contributed by atoms with van der Waals surface area (Å²) in [6, 6.07) is 5.42. The van der Waals surface area contributed by atoms with E-state index in [9.17, 15) is 4.39 Å². The lowest BCUT2D eigenvalue weighted by Gasteiger charge is -2.46. The molecule has 1 aromatic rings. The van der Waals surface area contributed by atoms with Gasteiger partial charge in [0.25, 0.3) is 0 Å². The molecule has 0 bridgehead atoms. The number of piperidine rings is 1. The topological polar surface area (TPSA) is 24.1 Å². The fourth-order valence-corrected chi connectivity index (χ4v) is 3.50. The van der Waals surface area contributed by atoms with Crippen LogP contribution in [0.25, 0.3) is 0 Å².